The van der Waals surface area contributed by atoms with E-state index in [0.29, 0.717) is 5.82 Å². The lowest BCUT2D eigenvalue weighted by Gasteiger charge is -2.20. The summed E-state index contributed by atoms with van der Waals surface area (Å²) in [5, 5.41) is 12.8. The van der Waals surface area contributed by atoms with Crippen LogP contribution in [0.3, 0.4) is 0 Å². The Balaban J connectivity index is 2.63. The highest BCUT2D eigenvalue weighted by Gasteiger charge is 2.23. The summed E-state index contributed by atoms with van der Waals surface area (Å²) in [6.45, 7) is 7.67. The van der Waals surface area contributed by atoms with Gasteiger partial charge < -0.3 is 11.1 Å². The van der Waals surface area contributed by atoms with Crippen molar-refractivity contribution in [3.63, 3.8) is 0 Å². The number of rotatable bonds is 6. The molecule has 1 heterocycles. The van der Waals surface area contributed by atoms with Crippen LogP contribution in [0.25, 0.3) is 0 Å². The first kappa shape index (κ1) is 15.9. The first-order chi connectivity index (χ1) is 9.35. The third-order valence-electron chi connectivity index (χ3n) is 3.09. The molecule has 1 aromatic rings. The van der Waals surface area contributed by atoms with Crippen LogP contribution in [0.4, 0.5) is 10.6 Å². The number of primary amides is 1. The fourth-order valence-electron chi connectivity index (χ4n) is 1.61. The Labute approximate surface area is 118 Å². The molecule has 0 saturated carbocycles. The van der Waals surface area contributed by atoms with Gasteiger partial charge in [-0.25, -0.2) is 9.48 Å². The van der Waals surface area contributed by atoms with Gasteiger partial charge in [0.25, 0.3) is 0 Å². The topological polar surface area (TPSA) is 115 Å². The molecule has 2 atom stereocenters. The molecule has 0 spiro atoms. The fraction of sp³-hybridized carbons (Fsp3) is 0.667. The predicted molar refractivity (Wildman–Crippen MR) is 75.0 cm³/mol. The summed E-state index contributed by atoms with van der Waals surface area (Å²) < 4.78 is 1.62. The molecule has 4 N–H and O–H groups in total. The standard InChI is InChI=1S/C12H22N6O2/c1-5-8(4)10(11(13)19)15-12(20)14-9-6-18(7(2)3)17-16-9/h6-8,10H,5H2,1-4H3,(H2,13,19)(H2,14,15,20)/t8-,10-/m0/s1. The van der Waals surface area contributed by atoms with Gasteiger partial charge in [0.05, 0.1) is 6.20 Å². The van der Waals surface area contributed by atoms with E-state index in [1.807, 2.05) is 27.7 Å². The zero-order valence-electron chi connectivity index (χ0n) is 12.3. The van der Waals surface area contributed by atoms with Crippen molar-refractivity contribution in [2.75, 3.05) is 5.32 Å². The summed E-state index contributed by atoms with van der Waals surface area (Å²) in [6.07, 6.45) is 2.35. The average molecular weight is 282 g/mol. The fourth-order valence-corrected chi connectivity index (χ4v) is 1.61. The second-order valence-electron chi connectivity index (χ2n) is 5.04. The van der Waals surface area contributed by atoms with E-state index >= 15 is 0 Å². The highest BCUT2D eigenvalue weighted by Crippen LogP contribution is 2.09. The molecule has 0 fully saturated rings. The van der Waals surface area contributed by atoms with Gasteiger partial charge in [-0.15, -0.1) is 5.10 Å². The molecule has 3 amide bonds. The predicted octanol–water partition coefficient (Wildman–Crippen LogP) is 0.880. The Hall–Kier alpha value is -2.12. The summed E-state index contributed by atoms with van der Waals surface area (Å²) in [6, 6.07) is -1.08. The number of urea groups is 1. The van der Waals surface area contributed by atoms with E-state index < -0.39 is 18.0 Å². The largest absolute Gasteiger partial charge is 0.368 e. The van der Waals surface area contributed by atoms with Crippen LogP contribution in [0.2, 0.25) is 0 Å². The molecule has 1 rings (SSSR count). The Morgan fingerprint density at radius 3 is 2.50 bits per heavy atom. The minimum absolute atomic E-state index is 0.0374. The molecule has 8 nitrogen and oxygen atoms in total. The number of hydrogen-bond donors (Lipinski definition) is 3. The lowest BCUT2D eigenvalue weighted by Crippen LogP contribution is -2.49. The van der Waals surface area contributed by atoms with E-state index in [4.69, 9.17) is 5.73 Å². The number of nitrogens with two attached hydrogens (primary N) is 1. The molecule has 0 aliphatic carbocycles. The Bertz CT molecular complexity index is 470. The third kappa shape index (κ3) is 4.22. The zero-order chi connectivity index (χ0) is 15.3. The summed E-state index contributed by atoms with van der Waals surface area (Å²) in [5.41, 5.74) is 5.29. The van der Waals surface area contributed by atoms with Gasteiger partial charge in [-0.2, -0.15) is 0 Å². The van der Waals surface area contributed by atoms with E-state index in [1.165, 1.54) is 0 Å². The van der Waals surface area contributed by atoms with Crippen LogP contribution in [0.1, 0.15) is 40.2 Å². The zero-order valence-corrected chi connectivity index (χ0v) is 12.3. The third-order valence-corrected chi connectivity index (χ3v) is 3.09. The number of nitrogens with zero attached hydrogens (tertiary/aromatic N) is 3. The van der Waals surface area contributed by atoms with Crippen molar-refractivity contribution < 1.29 is 9.59 Å². The lowest BCUT2D eigenvalue weighted by molar-refractivity contribution is -0.120. The maximum Gasteiger partial charge on any atom is 0.321 e. The SMILES string of the molecule is CC[C@H](C)[C@H](NC(=O)Nc1cn(C(C)C)nn1)C(N)=O. The van der Waals surface area contributed by atoms with E-state index in [0.717, 1.165) is 6.42 Å². The van der Waals surface area contributed by atoms with Crippen LogP contribution in [-0.4, -0.2) is 33.0 Å². The number of hydrogen-bond acceptors (Lipinski definition) is 4. The highest BCUT2D eigenvalue weighted by atomic mass is 16.2. The molecule has 0 radical (unpaired) electrons. The van der Waals surface area contributed by atoms with Gasteiger partial charge in [0, 0.05) is 6.04 Å². The van der Waals surface area contributed by atoms with Gasteiger partial charge in [-0.05, 0) is 19.8 Å². The van der Waals surface area contributed by atoms with Crippen LogP contribution in [0.5, 0.6) is 0 Å². The van der Waals surface area contributed by atoms with Gasteiger partial charge in [-0.3, -0.25) is 10.1 Å². The molecule has 0 aromatic carbocycles. The molecular weight excluding hydrogens is 260 g/mol. The van der Waals surface area contributed by atoms with Crippen molar-refractivity contribution in [1.82, 2.24) is 20.3 Å². The van der Waals surface area contributed by atoms with E-state index in [2.05, 4.69) is 20.9 Å². The molecule has 1 aromatic heterocycles. The second kappa shape index (κ2) is 6.88. The van der Waals surface area contributed by atoms with Gasteiger partial charge in [0.2, 0.25) is 5.91 Å². The molecule has 112 valence electrons. The molecule has 0 aliphatic heterocycles. The van der Waals surface area contributed by atoms with E-state index in [1.54, 1.807) is 10.9 Å². The normalized spacial score (nSPS) is 13.8. The number of aromatic nitrogens is 3. The van der Waals surface area contributed by atoms with Crippen molar-refractivity contribution in [2.24, 2.45) is 11.7 Å². The quantitative estimate of drug-likeness (QED) is 0.718. The smallest absolute Gasteiger partial charge is 0.321 e. The first-order valence-corrected chi connectivity index (χ1v) is 6.63. The van der Waals surface area contributed by atoms with E-state index in [9.17, 15) is 9.59 Å². The lowest BCUT2D eigenvalue weighted by atomic mass is 9.99. The number of nitrogens with one attached hydrogen (secondary N) is 2. The molecule has 0 saturated heterocycles. The summed E-state index contributed by atoms with van der Waals surface area (Å²) in [7, 11) is 0. The maximum atomic E-state index is 11.8. The number of anilines is 1. The van der Waals surface area contributed by atoms with Crippen molar-refractivity contribution in [3.8, 4) is 0 Å². The Morgan fingerprint density at radius 2 is 2.05 bits per heavy atom. The first-order valence-electron chi connectivity index (χ1n) is 6.63. The van der Waals surface area contributed by atoms with Gasteiger partial charge in [-0.1, -0.05) is 25.5 Å². The van der Waals surface area contributed by atoms with Crippen LogP contribution >= 0.6 is 0 Å². The molecule has 0 unspecified atom stereocenters. The average Bonchev–Trinajstić information content (AvgIpc) is 2.83. The highest BCUT2D eigenvalue weighted by molar-refractivity contribution is 5.92. The summed E-state index contributed by atoms with van der Waals surface area (Å²) >= 11 is 0. The minimum atomic E-state index is -0.708. The summed E-state index contributed by atoms with van der Waals surface area (Å²) in [5.74, 6) is -0.270. The number of amides is 3. The maximum absolute atomic E-state index is 11.8. The van der Waals surface area contributed by atoms with Crippen LogP contribution in [0.15, 0.2) is 6.20 Å². The monoisotopic (exact) mass is 282 g/mol. The number of carbonyl (C=O) groups is 2. The molecule has 0 bridgehead atoms. The second-order valence-corrected chi connectivity index (χ2v) is 5.04. The van der Waals surface area contributed by atoms with Gasteiger partial charge >= 0.3 is 6.03 Å². The van der Waals surface area contributed by atoms with Gasteiger partial charge in [0.15, 0.2) is 5.82 Å². The van der Waals surface area contributed by atoms with Gasteiger partial charge in [0.1, 0.15) is 6.04 Å². The van der Waals surface area contributed by atoms with E-state index in [-0.39, 0.29) is 12.0 Å². The summed E-state index contributed by atoms with van der Waals surface area (Å²) in [4.78, 5) is 23.1. The minimum Gasteiger partial charge on any atom is -0.368 e. The van der Waals surface area contributed by atoms with Crippen molar-refractivity contribution in [2.45, 2.75) is 46.2 Å². The molecule has 8 heteroatoms. The molecule has 20 heavy (non-hydrogen) atoms. The Kier molecular flexibility index (Phi) is 5.48. The van der Waals surface area contributed by atoms with Crippen LogP contribution in [0, 0.1) is 5.92 Å². The molecule has 0 aliphatic rings. The molecular formula is C12H22N6O2. The van der Waals surface area contributed by atoms with Crippen molar-refractivity contribution in [3.05, 3.63) is 6.20 Å². The van der Waals surface area contributed by atoms with Crippen LogP contribution in [-0.2, 0) is 4.79 Å². The number of carbonyl (C=O) groups excluding carboxylic acids is 2. The van der Waals surface area contributed by atoms with Crippen molar-refractivity contribution >= 4 is 17.8 Å². The Morgan fingerprint density at radius 1 is 1.40 bits per heavy atom. The van der Waals surface area contributed by atoms with Crippen LogP contribution < -0.4 is 16.4 Å². The van der Waals surface area contributed by atoms with Crippen molar-refractivity contribution in [1.29, 1.82) is 0 Å².